The van der Waals surface area contributed by atoms with Crippen LogP contribution in [0.5, 0.6) is 0 Å². The average molecular weight is 442 g/mol. The molecule has 1 aliphatic rings. The molecule has 0 saturated heterocycles. The number of carbonyl (C=O) groups is 1. The predicted octanol–water partition coefficient (Wildman–Crippen LogP) is 3.54. The molecule has 164 valence electrons. The highest BCUT2D eigenvalue weighted by Gasteiger charge is 2.32. The Morgan fingerprint density at radius 3 is 2.26 bits per heavy atom. The topological polar surface area (TPSA) is 90.2 Å². The van der Waals surface area contributed by atoms with Crippen LogP contribution in [0.25, 0.3) is 11.0 Å². The number of carbonyl (C=O) groups excluding carboxylic acids is 1. The van der Waals surface area contributed by atoms with E-state index in [-0.39, 0.29) is 22.2 Å². The van der Waals surface area contributed by atoms with Crippen molar-refractivity contribution < 1.29 is 13.2 Å². The number of imidazole rings is 1. The van der Waals surface area contributed by atoms with Gasteiger partial charge in [0.15, 0.2) is 9.84 Å². The second kappa shape index (κ2) is 8.00. The summed E-state index contributed by atoms with van der Waals surface area (Å²) < 4.78 is 30.1. The van der Waals surface area contributed by atoms with Gasteiger partial charge in [-0.2, -0.15) is 0 Å². The number of rotatable bonds is 4. The van der Waals surface area contributed by atoms with Crippen LogP contribution in [0, 0.1) is 6.92 Å². The summed E-state index contributed by atoms with van der Waals surface area (Å²) in [5, 5.41) is 2.34. The van der Waals surface area contributed by atoms with Crippen LogP contribution in [0.1, 0.15) is 48.0 Å². The molecule has 0 atom stereocenters. The maximum atomic E-state index is 13.6. The van der Waals surface area contributed by atoms with Gasteiger partial charge in [0.1, 0.15) is 0 Å². The molecule has 31 heavy (non-hydrogen) atoms. The first-order valence-corrected chi connectivity index (χ1v) is 12.1. The summed E-state index contributed by atoms with van der Waals surface area (Å²) in [6.07, 6.45) is 4.01. The van der Waals surface area contributed by atoms with Crippen LogP contribution in [-0.4, -0.2) is 28.7 Å². The molecule has 1 N–H and O–H groups in total. The number of amides is 1. The van der Waals surface area contributed by atoms with Crippen molar-refractivity contribution in [2.24, 2.45) is 14.1 Å². The van der Waals surface area contributed by atoms with Gasteiger partial charge in [-0.05, 0) is 43.5 Å². The molecule has 0 unspecified atom stereocenters. The molecule has 7 nitrogen and oxygen atoms in total. The van der Waals surface area contributed by atoms with Crippen LogP contribution in [0.3, 0.4) is 0 Å². The van der Waals surface area contributed by atoms with Crippen molar-refractivity contribution in [1.29, 1.82) is 0 Å². The Hall–Kier alpha value is -2.87. The van der Waals surface area contributed by atoms with E-state index in [2.05, 4.69) is 5.32 Å². The zero-order valence-electron chi connectivity index (χ0n) is 18.0. The summed E-state index contributed by atoms with van der Waals surface area (Å²) in [5.41, 5.74) is 2.33. The van der Waals surface area contributed by atoms with E-state index in [0.29, 0.717) is 29.4 Å². The molecular formula is C23H27N3O4S. The molecule has 0 aliphatic heterocycles. The number of aromatic nitrogens is 2. The Balaban J connectivity index is 1.89. The summed E-state index contributed by atoms with van der Waals surface area (Å²) in [5.74, 6) is -0.376. The van der Waals surface area contributed by atoms with Crippen LogP contribution in [0.2, 0.25) is 0 Å². The lowest BCUT2D eigenvalue weighted by molar-refractivity contribution is 0.102. The van der Waals surface area contributed by atoms with Crippen molar-refractivity contribution in [2.45, 2.75) is 49.2 Å². The molecule has 1 saturated carbocycles. The first-order valence-electron chi connectivity index (χ1n) is 10.5. The normalized spacial score (nSPS) is 15.3. The molecule has 0 bridgehead atoms. The number of fused-ring (bicyclic) bond motifs is 1. The maximum absolute atomic E-state index is 13.6. The highest BCUT2D eigenvalue weighted by atomic mass is 32.2. The van der Waals surface area contributed by atoms with E-state index in [1.165, 1.54) is 15.2 Å². The molecule has 1 aliphatic carbocycles. The van der Waals surface area contributed by atoms with Gasteiger partial charge in [0.05, 0.1) is 26.9 Å². The molecule has 0 radical (unpaired) electrons. The third-order valence-electron chi connectivity index (χ3n) is 6.31. The lowest BCUT2D eigenvalue weighted by atomic mass is 10.0. The number of aryl methyl sites for hydroxylation is 3. The van der Waals surface area contributed by atoms with E-state index in [4.69, 9.17) is 0 Å². The van der Waals surface area contributed by atoms with E-state index in [0.717, 1.165) is 24.8 Å². The predicted molar refractivity (Wildman–Crippen MR) is 121 cm³/mol. The third kappa shape index (κ3) is 3.69. The highest BCUT2D eigenvalue weighted by Crippen LogP contribution is 2.35. The van der Waals surface area contributed by atoms with Crippen LogP contribution in [-0.2, 0) is 23.9 Å². The number of nitrogens with one attached hydrogen (secondary N) is 1. The van der Waals surface area contributed by atoms with E-state index >= 15 is 0 Å². The van der Waals surface area contributed by atoms with Crippen molar-refractivity contribution in [1.82, 2.24) is 9.13 Å². The summed E-state index contributed by atoms with van der Waals surface area (Å²) in [6.45, 7) is 1.83. The summed E-state index contributed by atoms with van der Waals surface area (Å²) in [6, 6.07) is 10.3. The number of nitrogens with zero attached hydrogens (tertiary/aromatic N) is 2. The lowest BCUT2D eigenvalue weighted by Gasteiger charge is -2.23. The van der Waals surface area contributed by atoms with Gasteiger partial charge in [0.2, 0.25) is 0 Å². The van der Waals surface area contributed by atoms with Crippen molar-refractivity contribution >= 4 is 32.5 Å². The molecule has 3 aromatic rings. The highest BCUT2D eigenvalue weighted by molar-refractivity contribution is 7.92. The molecule has 1 fully saturated rings. The molecule has 0 spiro atoms. The number of hydrogen-bond acceptors (Lipinski definition) is 4. The molecule has 4 rings (SSSR count). The standard InChI is InChI=1S/C23H27N3O4S/c1-15-9-7-8-12-17(15)22(27)24-18-13-19-20(26(3)23(28)25(19)2)14-21(18)31(29,30)16-10-5-4-6-11-16/h7-9,12-14,16H,4-6,10-11H2,1-3H3,(H,24,27). The molecular weight excluding hydrogens is 414 g/mol. The Labute approximate surface area is 181 Å². The van der Waals surface area contributed by atoms with Crippen molar-refractivity contribution in [3.63, 3.8) is 0 Å². The van der Waals surface area contributed by atoms with Crippen molar-refractivity contribution in [3.8, 4) is 0 Å². The zero-order valence-corrected chi connectivity index (χ0v) is 18.8. The fourth-order valence-corrected chi connectivity index (χ4v) is 6.44. The van der Waals surface area contributed by atoms with Gasteiger partial charge < -0.3 is 5.32 Å². The lowest BCUT2D eigenvalue weighted by Crippen LogP contribution is -2.26. The minimum Gasteiger partial charge on any atom is -0.321 e. The van der Waals surface area contributed by atoms with Crippen molar-refractivity contribution in [2.75, 3.05) is 5.32 Å². The van der Waals surface area contributed by atoms with E-state index < -0.39 is 15.1 Å². The molecule has 2 aromatic carbocycles. The summed E-state index contributed by atoms with van der Waals surface area (Å²) >= 11 is 0. The molecule has 1 amide bonds. The van der Waals surface area contributed by atoms with Crippen molar-refractivity contribution in [3.05, 3.63) is 58.0 Å². The summed E-state index contributed by atoms with van der Waals surface area (Å²) in [7, 11) is -0.432. The minimum absolute atomic E-state index is 0.0787. The van der Waals surface area contributed by atoms with E-state index in [9.17, 15) is 18.0 Å². The van der Waals surface area contributed by atoms with Crippen LogP contribution in [0.4, 0.5) is 5.69 Å². The van der Waals surface area contributed by atoms with Gasteiger partial charge in [-0.3, -0.25) is 13.9 Å². The average Bonchev–Trinajstić information content (AvgIpc) is 2.97. The number of anilines is 1. The molecule has 8 heteroatoms. The second-order valence-corrected chi connectivity index (χ2v) is 10.5. The SMILES string of the molecule is Cc1ccccc1C(=O)Nc1cc2c(cc1S(=O)(=O)C1CCCCC1)n(C)c(=O)n2C. The Kier molecular flexibility index (Phi) is 5.51. The number of hydrogen-bond donors (Lipinski definition) is 1. The Morgan fingerprint density at radius 2 is 1.61 bits per heavy atom. The third-order valence-corrected chi connectivity index (χ3v) is 8.61. The molecule has 1 heterocycles. The second-order valence-electron chi connectivity index (χ2n) is 8.31. The fourth-order valence-electron chi connectivity index (χ4n) is 4.43. The van der Waals surface area contributed by atoms with Gasteiger partial charge in [0, 0.05) is 19.7 Å². The zero-order chi connectivity index (χ0) is 22.3. The first-order chi connectivity index (χ1) is 14.7. The minimum atomic E-state index is -3.68. The number of benzene rings is 2. The molecule has 1 aromatic heterocycles. The van der Waals surface area contributed by atoms with Gasteiger partial charge in [0.25, 0.3) is 5.91 Å². The smallest absolute Gasteiger partial charge is 0.321 e. The quantitative estimate of drug-likeness (QED) is 0.670. The van der Waals surface area contributed by atoms with E-state index in [1.807, 2.05) is 19.1 Å². The number of sulfone groups is 1. The Morgan fingerprint density at radius 1 is 1.00 bits per heavy atom. The van der Waals surface area contributed by atoms with Gasteiger partial charge in [-0.15, -0.1) is 0 Å². The van der Waals surface area contributed by atoms with Gasteiger partial charge >= 0.3 is 5.69 Å². The Bertz CT molecular complexity index is 1330. The largest absolute Gasteiger partial charge is 0.328 e. The van der Waals surface area contributed by atoms with Crippen LogP contribution >= 0.6 is 0 Å². The van der Waals surface area contributed by atoms with Crippen LogP contribution in [0.15, 0.2) is 46.1 Å². The fraction of sp³-hybridized carbons (Fsp3) is 0.391. The van der Waals surface area contributed by atoms with Gasteiger partial charge in [-0.1, -0.05) is 37.5 Å². The van der Waals surface area contributed by atoms with Gasteiger partial charge in [-0.25, -0.2) is 13.2 Å². The monoisotopic (exact) mass is 441 g/mol. The summed E-state index contributed by atoms with van der Waals surface area (Å²) in [4.78, 5) is 25.5. The maximum Gasteiger partial charge on any atom is 0.328 e. The van der Waals surface area contributed by atoms with E-state index in [1.54, 1.807) is 32.3 Å². The first kappa shape index (κ1) is 21.4. The van der Waals surface area contributed by atoms with Crippen LogP contribution < -0.4 is 11.0 Å².